The molecule has 0 saturated heterocycles. The third kappa shape index (κ3) is 4.44. The van der Waals surface area contributed by atoms with Gasteiger partial charge in [0.05, 0.1) is 0 Å². The summed E-state index contributed by atoms with van der Waals surface area (Å²) in [7, 11) is 0. The van der Waals surface area contributed by atoms with E-state index >= 15 is 0 Å². The van der Waals surface area contributed by atoms with Gasteiger partial charge >= 0.3 is 0 Å². The minimum absolute atomic E-state index is 0.0372. The smallest absolute Gasteiger partial charge is 0.265 e. The normalized spacial score (nSPS) is 11.7. The lowest BCUT2D eigenvalue weighted by molar-refractivity contribution is -0.122. The molecule has 0 aromatic heterocycles. The van der Waals surface area contributed by atoms with Crippen molar-refractivity contribution in [3.63, 3.8) is 0 Å². The number of ether oxygens (including phenoxy) is 1. The highest BCUT2D eigenvalue weighted by Gasteiger charge is 2.19. The molecular formula is C20H23NO3. The van der Waals surface area contributed by atoms with Crippen LogP contribution in [0.3, 0.4) is 0 Å². The summed E-state index contributed by atoms with van der Waals surface area (Å²) < 4.78 is 5.91. The topological polar surface area (TPSA) is 55.4 Å². The monoisotopic (exact) mass is 325 g/mol. The molecule has 0 heterocycles. The van der Waals surface area contributed by atoms with Crippen molar-refractivity contribution in [1.29, 1.82) is 0 Å². The number of benzene rings is 2. The van der Waals surface area contributed by atoms with Crippen LogP contribution in [-0.4, -0.2) is 17.8 Å². The first kappa shape index (κ1) is 17.7. The second-order valence-electron chi connectivity index (χ2n) is 5.91. The highest BCUT2D eigenvalue weighted by Crippen LogP contribution is 2.22. The molecule has 0 radical (unpaired) electrons. The van der Waals surface area contributed by atoms with Crippen LogP contribution in [0.25, 0.3) is 0 Å². The first-order valence-corrected chi connectivity index (χ1v) is 8.06. The number of rotatable bonds is 6. The van der Waals surface area contributed by atoms with Crippen LogP contribution >= 0.6 is 0 Å². The number of anilines is 1. The molecule has 0 aliphatic rings. The van der Waals surface area contributed by atoms with Gasteiger partial charge < -0.3 is 10.1 Å². The molecular weight excluding hydrogens is 302 g/mol. The zero-order valence-corrected chi connectivity index (χ0v) is 14.6. The van der Waals surface area contributed by atoms with Gasteiger partial charge in [-0.15, -0.1) is 0 Å². The highest BCUT2D eigenvalue weighted by atomic mass is 16.5. The Bertz CT molecular complexity index is 752. The Balaban J connectivity index is 2.13. The van der Waals surface area contributed by atoms with E-state index in [1.54, 1.807) is 24.3 Å². The van der Waals surface area contributed by atoms with E-state index in [9.17, 15) is 9.59 Å². The summed E-state index contributed by atoms with van der Waals surface area (Å²) in [5, 5.41) is 2.83. The molecule has 0 saturated carbocycles. The zero-order chi connectivity index (χ0) is 17.7. The van der Waals surface area contributed by atoms with Gasteiger partial charge in [-0.25, -0.2) is 0 Å². The van der Waals surface area contributed by atoms with Gasteiger partial charge in [-0.2, -0.15) is 0 Å². The number of nitrogens with one attached hydrogen (secondary N) is 1. The largest absolute Gasteiger partial charge is 0.480 e. The van der Waals surface area contributed by atoms with Crippen molar-refractivity contribution in [2.24, 2.45) is 0 Å². The number of ketones is 1. The van der Waals surface area contributed by atoms with Crippen molar-refractivity contribution in [2.75, 3.05) is 5.32 Å². The first-order chi connectivity index (χ1) is 11.4. The summed E-state index contributed by atoms with van der Waals surface area (Å²) in [5.41, 5.74) is 3.23. The molecule has 0 bridgehead atoms. The van der Waals surface area contributed by atoms with Gasteiger partial charge in [-0.3, -0.25) is 9.59 Å². The Kier molecular flexibility index (Phi) is 5.74. The number of amides is 1. The SMILES string of the molecule is CC[C@H](Oc1cc(C)ccc1C)C(=O)Nc1cccc(C(C)=O)c1. The van der Waals surface area contributed by atoms with Gasteiger partial charge in [0, 0.05) is 11.3 Å². The predicted molar refractivity (Wildman–Crippen MR) is 95.7 cm³/mol. The second-order valence-corrected chi connectivity index (χ2v) is 5.91. The standard InChI is InChI=1S/C20H23NO3/c1-5-18(24-19-11-13(2)9-10-14(19)3)20(23)21-17-8-6-7-16(12-17)15(4)22/h6-12,18H,5H2,1-4H3,(H,21,23)/t18-/m0/s1. The summed E-state index contributed by atoms with van der Waals surface area (Å²) in [6.45, 7) is 7.34. The fourth-order valence-corrected chi connectivity index (χ4v) is 2.35. The maximum atomic E-state index is 12.5. The van der Waals surface area contributed by atoms with E-state index < -0.39 is 6.10 Å². The molecule has 4 heteroatoms. The molecule has 126 valence electrons. The quantitative estimate of drug-likeness (QED) is 0.806. The van der Waals surface area contributed by atoms with Crippen molar-refractivity contribution in [2.45, 2.75) is 40.2 Å². The van der Waals surface area contributed by atoms with Gasteiger partial charge in [0.15, 0.2) is 11.9 Å². The van der Waals surface area contributed by atoms with Gasteiger partial charge in [0.2, 0.25) is 0 Å². The van der Waals surface area contributed by atoms with Crippen molar-refractivity contribution in [3.05, 3.63) is 59.2 Å². The van der Waals surface area contributed by atoms with Crippen LogP contribution in [0, 0.1) is 13.8 Å². The van der Waals surface area contributed by atoms with Crippen LogP contribution < -0.4 is 10.1 Å². The maximum Gasteiger partial charge on any atom is 0.265 e. The van der Waals surface area contributed by atoms with Crippen LogP contribution in [0.2, 0.25) is 0 Å². The summed E-state index contributed by atoms with van der Waals surface area (Å²) in [6, 6.07) is 12.8. The highest BCUT2D eigenvalue weighted by molar-refractivity contribution is 5.98. The van der Waals surface area contributed by atoms with E-state index in [1.165, 1.54) is 6.92 Å². The maximum absolute atomic E-state index is 12.5. The number of aryl methyl sites for hydroxylation is 2. The van der Waals surface area contributed by atoms with Gasteiger partial charge in [-0.05, 0) is 56.5 Å². The van der Waals surface area contributed by atoms with Gasteiger partial charge in [0.1, 0.15) is 5.75 Å². The summed E-state index contributed by atoms with van der Waals surface area (Å²) in [6.07, 6.45) is -0.0440. The van der Waals surface area contributed by atoms with E-state index in [2.05, 4.69) is 5.32 Å². The van der Waals surface area contributed by atoms with Crippen molar-refractivity contribution < 1.29 is 14.3 Å². The molecule has 1 atom stereocenters. The Hall–Kier alpha value is -2.62. The minimum atomic E-state index is -0.591. The molecule has 1 amide bonds. The van der Waals surface area contributed by atoms with Crippen LogP contribution in [-0.2, 0) is 4.79 Å². The van der Waals surface area contributed by atoms with E-state index in [4.69, 9.17) is 4.74 Å². The lowest BCUT2D eigenvalue weighted by Crippen LogP contribution is -2.32. The Morgan fingerprint density at radius 3 is 2.54 bits per heavy atom. The van der Waals surface area contributed by atoms with Crippen molar-refractivity contribution in [3.8, 4) is 5.75 Å². The first-order valence-electron chi connectivity index (χ1n) is 8.06. The Morgan fingerprint density at radius 2 is 1.88 bits per heavy atom. The number of hydrogen-bond donors (Lipinski definition) is 1. The fourth-order valence-electron chi connectivity index (χ4n) is 2.35. The summed E-state index contributed by atoms with van der Waals surface area (Å²) in [4.78, 5) is 24.0. The zero-order valence-electron chi connectivity index (χ0n) is 14.6. The van der Waals surface area contributed by atoms with Crippen LogP contribution in [0.15, 0.2) is 42.5 Å². The molecule has 2 rings (SSSR count). The van der Waals surface area contributed by atoms with E-state index in [0.717, 1.165) is 16.9 Å². The average Bonchev–Trinajstić information content (AvgIpc) is 2.55. The van der Waals surface area contributed by atoms with Crippen molar-refractivity contribution >= 4 is 17.4 Å². The fraction of sp³-hybridized carbons (Fsp3) is 0.300. The number of Topliss-reactive ketones (excluding diaryl/α,β-unsaturated/α-hetero) is 1. The van der Waals surface area contributed by atoms with Crippen LogP contribution in [0.5, 0.6) is 5.75 Å². The Morgan fingerprint density at radius 1 is 1.12 bits per heavy atom. The van der Waals surface area contributed by atoms with Gasteiger partial charge in [0.25, 0.3) is 5.91 Å². The molecule has 0 aliphatic heterocycles. The third-order valence-electron chi connectivity index (χ3n) is 3.81. The van der Waals surface area contributed by atoms with Crippen LogP contribution in [0.4, 0.5) is 5.69 Å². The minimum Gasteiger partial charge on any atom is -0.480 e. The van der Waals surface area contributed by atoms with Crippen LogP contribution in [0.1, 0.15) is 41.8 Å². The Labute approximate surface area is 142 Å². The predicted octanol–water partition coefficient (Wildman–Crippen LogP) is 4.30. The summed E-state index contributed by atoms with van der Waals surface area (Å²) >= 11 is 0. The van der Waals surface area contributed by atoms with Crippen molar-refractivity contribution in [1.82, 2.24) is 0 Å². The third-order valence-corrected chi connectivity index (χ3v) is 3.81. The van der Waals surface area contributed by atoms with Gasteiger partial charge in [-0.1, -0.05) is 31.2 Å². The lowest BCUT2D eigenvalue weighted by atomic mass is 10.1. The molecule has 1 N–H and O–H groups in total. The van der Waals surface area contributed by atoms with E-state index in [1.807, 2.05) is 39.0 Å². The van der Waals surface area contributed by atoms with E-state index in [-0.39, 0.29) is 11.7 Å². The molecule has 24 heavy (non-hydrogen) atoms. The lowest BCUT2D eigenvalue weighted by Gasteiger charge is -2.19. The molecule has 4 nitrogen and oxygen atoms in total. The van der Waals surface area contributed by atoms with E-state index in [0.29, 0.717) is 17.7 Å². The molecule has 0 fully saturated rings. The molecule has 0 spiro atoms. The number of carbonyl (C=O) groups excluding carboxylic acids is 2. The number of hydrogen-bond acceptors (Lipinski definition) is 3. The summed E-state index contributed by atoms with van der Waals surface area (Å²) in [5.74, 6) is 0.457. The average molecular weight is 325 g/mol. The molecule has 2 aromatic rings. The molecule has 2 aromatic carbocycles. The second kappa shape index (κ2) is 7.77. The number of carbonyl (C=O) groups is 2. The molecule has 0 unspecified atom stereocenters. The molecule has 0 aliphatic carbocycles.